The Kier molecular flexibility index (Phi) is 5.69. The van der Waals surface area contributed by atoms with Crippen molar-refractivity contribution >= 4 is 29.1 Å². The van der Waals surface area contributed by atoms with Crippen molar-refractivity contribution in [3.63, 3.8) is 0 Å². The van der Waals surface area contributed by atoms with E-state index in [0.717, 1.165) is 16.8 Å². The molecule has 0 unspecified atom stereocenters. The van der Waals surface area contributed by atoms with Gasteiger partial charge < -0.3 is 15.4 Å². The maximum atomic E-state index is 12.4. The predicted molar refractivity (Wildman–Crippen MR) is 109 cm³/mol. The molecule has 0 aliphatic heterocycles. The van der Waals surface area contributed by atoms with Crippen LogP contribution in [0.4, 0.5) is 17.2 Å². The number of carbonyl (C=O) groups excluding carboxylic acids is 2. The minimum absolute atomic E-state index is 0.225. The zero-order chi connectivity index (χ0) is 20.1. The first-order chi connectivity index (χ1) is 13.4. The van der Waals surface area contributed by atoms with Crippen molar-refractivity contribution < 1.29 is 14.3 Å². The number of hydrogen-bond donors (Lipinski definition) is 2. The van der Waals surface area contributed by atoms with Crippen LogP contribution in [0.5, 0.6) is 0 Å². The second kappa shape index (κ2) is 8.35. The third kappa shape index (κ3) is 4.73. The fraction of sp³-hybridized carbons (Fsp3) is 0.136. The van der Waals surface area contributed by atoms with Crippen LogP contribution in [0.3, 0.4) is 0 Å². The lowest BCUT2D eigenvalue weighted by atomic mass is 10.1. The fourth-order valence-corrected chi connectivity index (χ4v) is 2.84. The highest BCUT2D eigenvalue weighted by Gasteiger charge is 2.09. The highest BCUT2D eigenvalue weighted by Crippen LogP contribution is 2.18. The summed E-state index contributed by atoms with van der Waals surface area (Å²) in [6.07, 6.45) is 1.50. The van der Waals surface area contributed by atoms with Gasteiger partial charge >= 0.3 is 5.97 Å². The van der Waals surface area contributed by atoms with Crippen LogP contribution in [0.1, 0.15) is 31.8 Å². The number of anilines is 3. The van der Waals surface area contributed by atoms with E-state index >= 15 is 0 Å². The molecule has 1 amide bonds. The van der Waals surface area contributed by atoms with Crippen LogP contribution in [0.25, 0.3) is 0 Å². The van der Waals surface area contributed by atoms with Crippen molar-refractivity contribution in [2.45, 2.75) is 13.8 Å². The van der Waals surface area contributed by atoms with Crippen molar-refractivity contribution in [3.8, 4) is 0 Å². The molecule has 0 spiro atoms. The quantitative estimate of drug-likeness (QED) is 0.643. The molecule has 0 saturated heterocycles. The molecule has 3 rings (SSSR count). The summed E-state index contributed by atoms with van der Waals surface area (Å²) in [7, 11) is 1.34. The minimum Gasteiger partial charge on any atom is -0.465 e. The molecule has 3 aromatic rings. The van der Waals surface area contributed by atoms with Gasteiger partial charge in [0.25, 0.3) is 5.91 Å². The number of nitrogens with one attached hydrogen (secondary N) is 2. The molecule has 1 heterocycles. The van der Waals surface area contributed by atoms with Gasteiger partial charge in [0.15, 0.2) is 0 Å². The molecule has 0 atom stereocenters. The topological polar surface area (TPSA) is 80.3 Å². The first kappa shape index (κ1) is 19.1. The normalized spacial score (nSPS) is 10.2. The van der Waals surface area contributed by atoms with E-state index in [-0.39, 0.29) is 5.91 Å². The highest BCUT2D eigenvalue weighted by molar-refractivity contribution is 6.04. The minimum atomic E-state index is -0.407. The zero-order valence-corrected chi connectivity index (χ0v) is 15.9. The van der Waals surface area contributed by atoms with Crippen molar-refractivity contribution in [3.05, 3.63) is 83.0 Å². The van der Waals surface area contributed by atoms with Crippen molar-refractivity contribution in [2.24, 2.45) is 0 Å². The molecule has 2 aromatic carbocycles. The molecule has 0 aliphatic carbocycles. The van der Waals surface area contributed by atoms with Crippen LogP contribution in [0.2, 0.25) is 0 Å². The summed E-state index contributed by atoms with van der Waals surface area (Å²) in [6, 6.07) is 16.2. The molecule has 2 N–H and O–H groups in total. The number of benzene rings is 2. The molecule has 142 valence electrons. The Bertz CT molecular complexity index is 994. The maximum absolute atomic E-state index is 12.4. The summed E-state index contributed by atoms with van der Waals surface area (Å²) in [5.74, 6) is -0.0725. The van der Waals surface area contributed by atoms with Gasteiger partial charge in [-0.3, -0.25) is 4.79 Å². The SMILES string of the molecule is COC(=O)c1cccc(Nc2ccc(C(=O)Nc3cc(C)cc(C)c3)cn2)c1. The lowest BCUT2D eigenvalue weighted by molar-refractivity contribution is 0.0600. The number of ether oxygens (including phenoxy) is 1. The van der Waals surface area contributed by atoms with Crippen LogP contribution < -0.4 is 10.6 Å². The molecule has 0 radical (unpaired) electrons. The number of nitrogens with zero attached hydrogens (tertiary/aromatic N) is 1. The van der Waals surface area contributed by atoms with E-state index in [4.69, 9.17) is 4.74 Å². The second-order valence-electron chi connectivity index (χ2n) is 6.46. The Morgan fingerprint density at radius 2 is 1.64 bits per heavy atom. The summed E-state index contributed by atoms with van der Waals surface area (Å²) in [5, 5.41) is 5.99. The zero-order valence-electron chi connectivity index (χ0n) is 15.9. The number of pyridine rings is 1. The van der Waals surface area contributed by atoms with Gasteiger partial charge in [0.05, 0.1) is 18.2 Å². The molecule has 1 aromatic heterocycles. The van der Waals surface area contributed by atoms with E-state index in [0.29, 0.717) is 22.6 Å². The molecule has 0 bridgehead atoms. The summed E-state index contributed by atoms with van der Waals surface area (Å²) in [6.45, 7) is 3.97. The molecule has 0 aliphatic rings. The Labute approximate surface area is 163 Å². The summed E-state index contributed by atoms with van der Waals surface area (Å²) in [5.41, 5.74) is 4.52. The Balaban J connectivity index is 1.69. The lowest BCUT2D eigenvalue weighted by Gasteiger charge is -2.09. The monoisotopic (exact) mass is 375 g/mol. The van der Waals surface area contributed by atoms with Crippen LogP contribution in [0.15, 0.2) is 60.8 Å². The maximum Gasteiger partial charge on any atom is 0.337 e. The fourth-order valence-electron chi connectivity index (χ4n) is 2.84. The summed E-state index contributed by atoms with van der Waals surface area (Å²) < 4.78 is 4.72. The van der Waals surface area contributed by atoms with Crippen LogP contribution in [-0.2, 0) is 4.74 Å². The number of rotatable bonds is 5. The number of hydrogen-bond acceptors (Lipinski definition) is 5. The molecular formula is C22H21N3O3. The Hall–Kier alpha value is -3.67. The molecule has 6 heteroatoms. The largest absolute Gasteiger partial charge is 0.465 e. The van der Waals surface area contributed by atoms with Crippen LogP contribution >= 0.6 is 0 Å². The predicted octanol–water partition coefficient (Wildman–Crippen LogP) is 4.48. The number of esters is 1. The van der Waals surface area contributed by atoms with Crippen LogP contribution in [0, 0.1) is 13.8 Å². The molecule has 0 fully saturated rings. The van der Waals surface area contributed by atoms with Crippen molar-refractivity contribution in [1.82, 2.24) is 4.98 Å². The average Bonchev–Trinajstić information content (AvgIpc) is 2.67. The first-order valence-corrected chi connectivity index (χ1v) is 8.76. The van der Waals surface area contributed by atoms with Gasteiger partial charge in [0.1, 0.15) is 5.82 Å². The standard InChI is InChI=1S/C22H21N3O3/c1-14-9-15(2)11-19(10-14)25-21(26)17-7-8-20(23-13-17)24-18-6-4-5-16(12-18)22(27)28-3/h4-13H,1-3H3,(H,23,24)(H,25,26). The van der Waals surface area contributed by atoms with Crippen molar-refractivity contribution in [1.29, 1.82) is 0 Å². The first-order valence-electron chi connectivity index (χ1n) is 8.76. The third-order valence-electron chi connectivity index (χ3n) is 4.06. The number of amides is 1. The van der Waals surface area contributed by atoms with Gasteiger partial charge in [-0.25, -0.2) is 9.78 Å². The average molecular weight is 375 g/mol. The van der Waals surface area contributed by atoms with Gasteiger partial charge in [0.2, 0.25) is 0 Å². The number of aryl methyl sites for hydroxylation is 2. The van der Waals surface area contributed by atoms with Crippen molar-refractivity contribution in [2.75, 3.05) is 17.7 Å². The van der Waals surface area contributed by atoms with Crippen LogP contribution in [-0.4, -0.2) is 24.0 Å². The van der Waals surface area contributed by atoms with Gasteiger partial charge in [-0.2, -0.15) is 0 Å². The molecule has 6 nitrogen and oxygen atoms in total. The number of methoxy groups -OCH3 is 1. The van der Waals surface area contributed by atoms with Gasteiger partial charge in [-0.15, -0.1) is 0 Å². The summed E-state index contributed by atoms with van der Waals surface area (Å²) in [4.78, 5) is 28.3. The van der Waals surface area contributed by atoms with E-state index in [1.807, 2.05) is 38.1 Å². The van der Waals surface area contributed by atoms with E-state index in [2.05, 4.69) is 15.6 Å². The van der Waals surface area contributed by atoms with Gasteiger partial charge in [-0.05, 0) is 67.4 Å². The Morgan fingerprint density at radius 3 is 2.29 bits per heavy atom. The molecule has 0 saturated carbocycles. The lowest BCUT2D eigenvalue weighted by Crippen LogP contribution is -2.12. The van der Waals surface area contributed by atoms with E-state index in [9.17, 15) is 9.59 Å². The molecule has 28 heavy (non-hydrogen) atoms. The third-order valence-corrected chi connectivity index (χ3v) is 4.06. The highest BCUT2D eigenvalue weighted by atomic mass is 16.5. The summed E-state index contributed by atoms with van der Waals surface area (Å²) >= 11 is 0. The van der Waals surface area contributed by atoms with Gasteiger partial charge in [-0.1, -0.05) is 12.1 Å². The van der Waals surface area contributed by atoms with E-state index in [1.165, 1.54) is 13.3 Å². The molecular weight excluding hydrogens is 354 g/mol. The van der Waals surface area contributed by atoms with Gasteiger partial charge in [0, 0.05) is 17.6 Å². The smallest absolute Gasteiger partial charge is 0.337 e. The Morgan fingerprint density at radius 1 is 0.893 bits per heavy atom. The second-order valence-corrected chi connectivity index (χ2v) is 6.46. The number of carbonyl (C=O) groups is 2. The number of aromatic nitrogens is 1. The van der Waals surface area contributed by atoms with E-state index in [1.54, 1.807) is 30.3 Å². The van der Waals surface area contributed by atoms with E-state index < -0.39 is 5.97 Å².